The summed E-state index contributed by atoms with van der Waals surface area (Å²) in [5, 5.41) is 4.61. The minimum absolute atomic E-state index is 0.165. The van der Waals surface area contributed by atoms with Crippen LogP contribution in [0.15, 0.2) is 48.5 Å². The van der Waals surface area contributed by atoms with Crippen molar-refractivity contribution >= 4 is 23.4 Å². The molecule has 0 radical (unpaired) electrons. The fraction of sp³-hybridized carbons (Fsp3) is 0.286. The monoisotopic (exact) mass is 399 g/mol. The maximum atomic E-state index is 13.5. The zero-order valence-electron chi connectivity index (χ0n) is 16.0. The van der Waals surface area contributed by atoms with E-state index in [2.05, 4.69) is 10.6 Å². The summed E-state index contributed by atoms with van der Waals surface area (Å²) in [6.07, 6.45) is -0.232. The van der Waals surface area contributed by atoms with Crippen LogP contribution in [0.4, 0.5) is 10.1 Å². The molecule has 1 aliphatic heterocycles. The number of hydrogen-bond donors (Lipinski definition) is 2. The van der Waals surface area contributed by atoms with Gasteiger partial charge in [0.25, 0.3) is 0 Å². The lowest BCUT2D eigenvalue weighted by Gasteiger charge is -2.33. The molecule has 2 aromatic carbocycles. The van der Waals surface area contributed by atoms with E-state index < -0.39 is 17.6 Å². The normalized spacial score (nSPS) is 16.2. The van der Waals surface area contributed by atoms with Crippen LogP contribution in [-0.4, -0.2) is 48.9 Å². The maximum absolute atomic E-state index is 13.5. The molecule has 152 valence electrons. The number of carbonyl (C=O) groups excluding carboxylic acids is 3. The van der Waals surface area contributed by atoms with Crippen molar-refractivity contribution in [2.24, 2.45) is 0 Å². The van der Waals surface area contributed by atoms with Gasteiger partial charge in [-0.15, -0.1) is 0 Å². The third kappa shape index (κ3) is 5.39. The first-order valence-corrected chi connectivity index (χ1v) is 9.23. The molecule has 1 aliphatic rings. The van der Waals surface area contributed by atoms with Gasteiger partial charge in [-0.05, 0) is 30.2 Å². The Morgan fingerprint density at radius 1 is 1.14 bits per heavy atom. The third-order valence-electron chi connectivity index (χ3n) is 4.63. The minimum atomic E-state index is -0.967. The van der Waals surface area contributed by atoms with Crippen LogP contribution in [0, 0.1) is 12.7 Å². The lowest BCUT2D eigenvalue weighted by molar-refractivity contribution is -0.141. The Morgan fingerprint density at radius 2 is 1.90 bits per heavy atom. The Hall–Kier alpha value is -3.26. The first kappa shape index (κ1) is 20.5. The molecule has 2 aromatic rings. The smallest absolute Gasteiger partial charge is 0.313 e. The fourth-order valence-corrected chi connectivity index (χ4v) is 2.95. The fourth-order valence-electron chi connectivity index (χ4n) is 2.95. The number of aryl methyl sites for hydroxylation is 1. The topological polar surface area (TPSA) is 87.7 Å². The van der Waals surface area contributed by atoms with E-state index in [0.717, 1.165) is 11.6 Å². The van der Waals surface area contributed by atoms with E-state index in [0.29, 0.717) is 25.3 Å². The summed E-state index contributed by atoms with van der Waals surface area (Å²) in [5.41, 5.74) is 1.56. The number of hydrogen-bond acceptors (Lipinski definition) is 4. The van der Waals surface area contributed by atoms with Crippen LogP contribution < -0.4 is 10.6 Å². The van der Waals surface area contributed by atoms with Crippen LogP contribution in [-0.2, 0) is 19.1 Å². The van der Waals surface area contributed by atoms with Crippen molar-refractivity contribution in [3.8, 4) is 0 Å². The van der Waals surface area contributed by atoms with Crippen molar-refractivity contribution in [3.63, 3.8) is 0 Å². The highest BCUT2D eigenvalue weighted by Crippen LogP contribution is 2.21. The molecule has 1 fully saturated rings. The quantitative estimate of drug-likeness (QED) is 0.768. The molecule has 29 heavy (non-hydrogen) atoms. The van der Waals surface area contributed by atoms with Gasteiger partial charge in [0.15, 0.2) is 0 Å². The van der Waals surface area contributed by atoms with Gasteiger partial charge in [0, 0.05) is 12.2 Å². The predicted molar refractivity (Wildman–Crippen MR) is 104 cm³/mol. The van der Waals surface area contributed by atoms with Gasteiger partial charge >= 0.3 is 11.8 Å². The number of carbonyl (C=O) groups is 3. The first-order valence-electron chi connectivity index (χ1n) is 9.23. The van der Waals surface area contributed by atoms with E-state index in [1.165, 1.54) is 12.1 Å². The van der Waals surface area contributed by atoms with E-state index >= 15 is 0 Å². The van der Waals surface area contributed by atoms with Crippen LogP contribution >= 0.6 is 0 Å². The van der Waals surface area contributed by atoms with Gasteiger partial charge in [-0.1, -0.05) is 36.4 Å². The van der Waals surface area contributed by atoms with Gasteiger partial charge in [-0.2, -0.15) is 0 Å². The van der Waals surface area contributed by atoms with Crippen LogP contribution in [0.1, 0.15) is 17.2 Å². The van der Waals surface area contributed by atoms with Crippen molar-refractivity contribution in [1.29, 1.82) is 0 Å². The third-order valence-corrected chi connectivity index (χ3v) is 4.63. The summed E-state index contributed by atoms with van der Waals surface area (Å²) in [4.78, 5) is 37.9. The largest absolute Gasteiger partial charge is 0.370 e. The second kappa shape index (κ2) is 9.29. The number of amides is 3. The van der Waals surface area contributed by atoms with Crippen LogP contribution in [0.2, 0.25) is 0 Å². The van der Waals surface area contributed by atoms with E-state index in [1.807, 2.05) is 30.3 Å². The molecule has 3 amide bonds. The number of nitrogens with zero attached hydrogens (tertiary/aromatic N) is 1. The summed E-state index contributed by atoms with van der Waals surface area (Å²) in [7, 11) is 0. The Bertz CT molecular complexity index is 904. The number of halogens is 1. The molecule has 0 spiro atoms. The van der Waals surface area contributed by atoms with Crippen molar-refractivity contribution in [2.75, 3.05) is 31.6 Å². The molecule has 3 rings (SSSR count). The molecule has 7 nitrogen and oxygen atoms in total. The predicted octanol–water partition coefficient (Wildman–Crippen LogP) is 1.79. The molecule has 0 aromatic heterocycles. The molecule has 0 aliphatic carbocycles. The SMILES string of the molecule is Cc1ccc(NC(=O)C(=O)NCC(=O)N2CCO[C@H](c3ccccc3)C2)cc1F. The van der Waals surface area contributed by atoms with Crippen molar-refractivity contribution in [3.05, 3.63) is 65.5 Å². The van der Waals surface area contributed by atoms with E-state index in [1.54, 1.807) is 11.8 Å². The number of nitrogens with one attached hydrogen (secondary N) is 2. The van der Waals surface area contributed by atoms with E-state index in [4.69, 9.17) is 4.74 Å². The van der Waals surface area contributed by atoms with Gasteiger partial charge in [-0.3, -0.25) is 14.4 Å². The van der Waals surface area contributed by atoms with Gasteiger partial charge in [0.1, 0.15) is 11.9 Å². The molecular weight excluding hydrogens is 377 g/mol. The van der Waals surface area contributed by atoms with E-state index in [9.17, 15) is 18.8 Å². The molecule has 0 unspecified atom stereocenters. The zero-order chi connectivity index (χ0) is 20.8. The average molecular weight is 399 g/mol. The van der Waals surface area contributed by atoms with Crippen molar-refractivity contribution in [1.82, 2.24) is 10.2 Å². The van der Waals surface area contributed by atoms with Crippen molar-refractivity contribution < 1.29 is 23.5 Å². The molecular formula is C21H22FN3O4. The Kier molecular flexibility index (Phi) is 6.56. The Balaban J connectivity index is 1.49. The number of morpholine rings is 1. The number of anilines is 1. The number of ether oxygens (including phenoxy) is 1. The van der Waals surface area contributed by atoms with Gasteiger partial charge in [0.2, 0.25) is 5.91 Å². The lowest BCUT2D eigenvalue weighted by Crippen LogP contribution is -2.48. The van der Waals surface area contributed by atoms with Crippen LogP contribution in [0.25, 0.3) is 0 Å². The highest BCUT2D eigenvalue weighted by atomic mass is 19.1. The average Bonchev–Trinajstić information content (AvgIpc) is 2.75. The summed E-state index contributed by atoms with van der Waals surface area (Å²) >= 11 is 0. The van der Waals surface area contributed by atoms with Crippen LogP contribution in [0.3, 0.4) is 0 Å². The number of benzene rings is 2. The van der Waals surface area contributed by atoms with Crippen molar-refractivity contribution in [2.45, 2.75) is 13.0 Å². The molecule has 1 heterocycles. The summed E-state index contributed by atoms with van der Waals surface area (Å²) in [6.45, 7) is 2.45. The number of rotatable bonds is 4. The summed E-state index contributed by atoms with van der Waals surface area (Å²) in [6, 6.07) is 13.7. The highest BCUT2D eigenvalue weighted by Gasteiger charge is 2.26. The standard InChI is InChI=1S/C21H22FN3O4/c1-14-7-8-16(11-17(14)22)24-21(28)20(27)23-12-19(26)25-9-10-29-18(13-25)15-5-3-2-4-6-15/h2-8,11,18H,9-10,12-13H2,1H3,(H,23,27)(H,24,28)/t18-/m0/s1. The maximum Gasteiger partial charge on any atom is 0.313 e. The minimum Gasteiger partial charge on any atom is -0.370 e. The second-order valence-electron chi connectivity index (χ2n) is 6.71. The second-order valence-corrected chi connectivity index (χ2v) is 6.71. The van der Waals surface area contributed by atoms with Crippen LogP contribution in [0.5, 0.6) is 0 Å². The Morgan fingerprint density at radius 3 is 2.62 bits per heavy atom. The molecule has 0 saturated carbocycles. The Labute approximate surface area is 167 Å². The molecule has 0 bridgehead atoms. The molecule has 1 atom stereocenters. The van der Waals surface area contributed by atoms with Gasteiger partial charge in [0.05, 0.1) is 19.7 Å². The molecule has 2 N–H and O–H groups in total. The molecule has 8 heteroatoms. The molecule has 1 saturated heterocycles. The van der Waals surface area contributed by atoms with Gasteiger partial charge < -0.3 is 20.3 Å². The summed E-state index contributed by atoms with van der Waals surface area (Å²) in [5.74, 6) is -2.73. The lowest BCUT2D eigenvalue weighted by atomic mass is 10.1. The zero-order valence-corrected chi connectivity index (χ0v) is 16.0. The highest BCUT2D eigenvalue weighted by molar-refractivity contribution is 6.39. The van der Waals surface area contributed by atoms with Gasteiger partial charge in [-0.25, -0.2) is 4.39 Å². The summed E-state index contributed by atoms with van der Waals surface area (Å²) < 4.78 is 19.2. The first-order chi connectivity index (χ1) is 13.9. The van der Waals surface area contributed by atoms with E-state index in [-0.39, 0.29) is 24.2 Å².